The number of benzene rings is 4. The number of rotatable bonds is 21. The number of hydrogen-bond donors (Lipinski definition) is 2. The van der Waals surface area contributed by atoms with E-state index in [0.717, 1.165) is 15.0 Å². The van der Waals surface area contributed by atoms with E-state index in [4.69, 9.17) is 39.0 Å². The van der Waals surface area contributed by atoms with Gasteiger partial charge in [-0.15, -0.1) is 0 Å². The molecular weight excluding hydrogens is 855 g/mol. The van der Waals surface area contributed by atoms with Gasteiger partial charge in [0.05, 0.1) is 51.6 Å². The lowest BCUT2D eigenvalue weighted by Crippen LogP contribution is -2.44. The summed E-state index contributed by atoms with van der Waals surface area (Å²) >= 11 is 0. The van der Waals surface area contributed by atoms with Crippen LogP contribution in [0.3, 0.4) is 0 Å². The second-order valence-electron chi connectivity index (χ2n) is 15.6. The number of aromatic amines is 1. The predicted molar refractivity (Wildman–Crippen MR) is 237 cm³/mol. The number of amides is 3. The zero-order valence-electron chi connectivity index (χ0n) is 36.9. The van der Waals surface area contributed by atoms with Crippen LogP contribution >= 0.6 is 0 Å². The molecule has 66 heavy (non-hydrogen) atoms. The lowest BCUT2D eigenvalue weighted by molar-refractivity contribution is -0.172. The molecule has 1 fully saturated rings. The highest BCUT2D eigenvalue weighted by molar-refractivity contribution is 6.21. The molecule has 0 radical (unpaired) electrons. The van der Waals surface area contributed by atoms with Crippen molar-refractivity contribution in [2.75, 3.05) is 54.2 Å². The number of ether oxygens (including phenoxy) is 6. The Morgan fingerprint density at radius 1 is 0.773 bits per heavy atom. The Bertz CT molecular complexity index is 2550. The highest BCUT2D eigenvalue weighted by Crippen LogP contribution is 2.43. The van der Waals surface area contributed by atoms with Crippen molar-refractivity contribution in [3.05, 3.63) is 164 Å². The number of carbonyl (C=O) groups is 4. The highest BCUT2D eigenvalue weighted by Gasteiger charge is 2.51. The van der Waals surface area contributed by atoms with Crippen LogP contribution in [0.25, 0.3) is 0 Å². The van der Waals surface area contributed by atoms with Gasteiger partial charge in [-0.1, -0.05) is 66.7 Å². The van der Waals surface area contributed by atoms with E-state index in [0.29, 0.717) is 33.8 Å². The predicted octanol–water partition coefficient (Wildman–Crippen LogP) is 3.49. The number of nitrogens with two attached hydrogens (primary N) is 1. The Labute approximate surface area is 379 Å². The summed E-state index contributed by atoms with van der Waals surface area (Å²) in [5.41, 5.74) is 5.63. The number of carbonyl (C=O) groups excluding carboxylic acids is 4. The number of likely N-dealkylation sites (N-methyl/N-ethyl adjacent to an activating group) is 1. The molecule has 5 aromatic rings. The summed E-state index contributed by atoms with van der Waals surface area (Å²) in [7, 11) is 4.76. The Morgan fingerprint density at radius 2 is 1.35 bits per heavy atom. The molecule has 4 aromatic carbocycles. The van der Waals surface area contributed by atoms with Gasteiger partial charge in [0.25, 0.3) is 17.4 Å². The summed E-state index contributed by atoms with van der Waals surface area (Å²) in [6, 6.07) is 30.8. The molecule has 4 atom stereocenters. The minimum Gasteiger partial charge on any atom is -0.497 e. The summed E-state index contributed by atoms with van der Waals surface area (Å²) in [6.07, 6.45) is -4.27. The summed E-state index contributed by atoms with van der Waals surface area (Å²) in [5, 5.41) is 1.45. The number of hydrogen-bond acceptors (Lipinski definition) is 14. The Hall–Kier alpha value is -6.96. The third kappa shape index (κ3) is 10.1. The molecule has 7 rings (SSSR count). The van der Waals surface area contributed by atoms with Crippen LogP contribution < -0.4 is 26.5 Å². The van der Waals surface area contributed by atoms with Crippen molar-refractivity contribution in [3.8, 4) is 11.5 Å². The maximum Gasteiger partial charge on any atom is 0.330 e. The van der Waals surface area contributed by atoms with Gasteiger partial charge in [0.2, 0.25) is 5.91 Å². The molecule has 2 aliphatic heterocycles. The molecule has 0 saturated carbocycles. The SMILES string of the molecule is COc1ccc(C(OC[C@H]2O[C@@H](n3cc(C)c(=O)[nH]c3=O)[C@H](OCCON(C)CCN3C(=O)c4ccccc4C3=O)[C@@H]2OC(=O)CCC(N)=O)(c2ccccc2)c2ccc(OC)cc2)cc1. The number of aryl methyl sites for hydroxylation is 1. The zero-order chi connectivity index (χ0) is 47.0. The summed E-state index contributed by atoms with van der Waals surface area (Å²) in [6.45, 7) is 1.25. The van der Waals surface area contributed by atoms with E-state index in [-0.39, 0.29) is 51.3 Å². The van der Waals surface area contributed by atoms with Crippen LogP contribution in [0.4, 0.5) is 0 Å². The quantitative estimate of drug-likeness (QED) is 0.0354. The minimum absolute atomic E-state index is 0.0548. The molecule has 3 N–H and O–H groups in total. The van der Waals surface area contributed by atoms with Crippen molar-refractivity contribution in [1.29, 1.82) is 0 Å². The van der Waals surface area contributed by atoms with Crippen molar-refractivity contribution >= 4 is 23.7 Å². The molecule has 1 aromatic heterocycles. The smallest absolute Gasteiger partial charge is 0.330 e. The molecular formula is C48H51N5O13. The monoisotopic (exact) mass is 905 g/mol. The molecule has 0 bridgehead atoms. The topological polar surface area (TPSA) is 220 Å². The molecule has 1 saturated heterocycles. The van der Waals surface area contributed by atoms with Gasteiger partial charge in [-0.25, -0.2) is 4.79 Å². The number of H-pyrrole nitrogens is 1. The molecule has 18 heteroatoms. The van der Waals surface area contributed by atoms with Crippen molar-refractivity contribution in [1.82, 2.24) is 19.5 Å². The maximum atomic E-state index is 13.5. The molecule has 0 aliphatic carbocycles. The molecule has 18 nitrogen and oxygen atoms in total. The van der Waals surface area contributed by atoms with E-state index >= 15 is 0 Å². The van der Waals surface area contributed by atoms with E-state index in [1.54, 1.807) is 45.5 Å². The van der Waals surface area contributed by atoms with Gasteiger partial charge in [-0.3, -0.25) is 43.3 Å². The number of imide groups is 1. The first-order valence-corrected chi connectivity index (χ1v) is 21.2. The van der Waals surface area contributed by atoms with Crippen molar-refractivity contribution in [3.63, 3.8) is 0 Å². The average Bonchev–Trinajstić information content (AvgIpc) is 3.79. The van der Waals surface area contributed by atoms with Crippen molar-refractivity contribution in [2.24, 2.45) is 5.73 Å². The first-order valence-electron chi connectivity index (χ1n) is 21.2. The molecule has 0 spiro atoms. The van der Waals surface area contributed by atoms with Crippen LogP contribution in [0, 0.1) is 6.92 Å². The van der Waals surface area contributed by atoms with Gasteiger partial charge in [-0.2, -0.15) is 5.06 Å². The van der Waals surface area contributed by atoms with Gasteiger partial charge >= 0.3 is 11.7 Å². The van der Waals surface area contributed by atoms with E-state index in [9.17, 15) is 28.8 Å². The van der Waals surface area contributed by atoms with Crippen LogP contribution in [-0.2, 0) is 39.0 Å². The Balaban J connectivity index is 1.19. The number of nitrogens with zero attached hydrogens (tertiary/aromatic N) is 3. The van der Waals surface area contributed by atoms with E-state index < -0.39 is 65.1 Å². The molecule has 3 heterocycles. The normalized spacial score (nSPS) is 18.1. The minimum atomic E-state index is -1.34. The van der Waals surface area contributed by atoms with Gasteiger partial charge in [0.1, 0.15) is 29.3 Å². The van der Waals surface area contributed by atoms with Crippen LogP contribution in [0.15, 0.2) is 119 Å². The third-order valence-electron chi connectivity index (χ3n) is 11.4. The lowest BCUT2D eigenvalue weighted by Gasteiger charge is -2.37. The van der Waals surface area contributed by atoms with Crippen molar-refractivity contribution < 1.29 is 52.4 Å². The number of nitrogens with one attached hydrogen (secondary N) is 1. The number of hydroxylamine groups is 2. The van der Waals surface area contributed by atoms with E-state index in [1.807, 2.05) is 78.9 Å². The average molecular weight is 906 g/mol. The standard InChI is InChI=1S/C48H51N5O13/c1-30-28-53(47(59)50-43(30)56)46-42(62-26-27-64-51(2)24-25-52-44(57)36-12-8-9-13-37(36)45(52)58)41(66-40(55)23-22-39(49)54)38(65-46)29-63-48(31-10-6-5-7-11-31,32-14-18-34(60-3)19-15-32)33-16-20-35(61-4)21-17-33/h5-21,28,38,41-42,46H,22-27,29H2,1-4H3,(H2,49,54)(H,50,56,59)/t38-,41-,42-,46-/m1/s1. The number of methoxy groups -OCH3 is 2. The zero-order valence-corrected chi connectivity index (χ0v) is 36.9. The number of esters is 1. The molecule has 0 unspecified atom stereocenters. The van der Waals surface area contributed by atoms with Gasteiger partial charge < -0.3 is 34.2 Å². The van der Waals surface area contributed by atoms with Crippen LogP contribution in [0.2, 0.25) is 0 Å². The lowest BCUT2D eigenvalue weighted by atomic mass is 9.80. The van der Waals surface area contributed by atoms with Gasteiger partial charge in [0, 0.05) is 38.3 Å². The number of primary amides is 1. The van der Waals surface area contributed by atoms with Crippen LogP contribution in [0.5, 0.6) is 11.5 Å². The van der Waals surface area contributed by atoms with Crippen LogP contribution in [-0.4, -0.2) is 116 Å². The summed E-state index contributed by atoms with van der Waals surface area (Å²) in [4.78, 5) is 86.5. The fourth-order valence-electron chi connectivity index (χ4n) is 8.00. The summed E-state index contributed by atoms with van der Waals surface area (Å²) < 4.78 is 38.4. The summed E-state index contributed by atoms with van der Waals surface area (Å²) in [5.74, 6) is -1.07. The highest BCUT2D eigenvalue weighted by atomic mass is 16.7. The second kappa shape index (κ2) is 20.9. The largest absolute Gasteiger partial charge is 0.497 e. The van der Waals surface area contributed by atoms with E-state index in [2.05, 4.69) is 4.98 Å². The van der Waals surface area contributed by atoms with Gasteiger partial charge in [-0.05, 0) is 60.0 Å². The number of aromatic nitrogens is 2. The third-order valence-corrected chi connectivity index (χ3v) is 11.4. The fraction of sp³-hybridized carbons (Fsp3) is 0.333. The first-order chi connectivity index (χ1) is 31.8. The first kappa shape index (κ1) is 47.0. The number of fused-ring (bicyclic) bond motifs is 1. The Kier molecular flexibility index (Phi) is 14.9. The molecule has 346 valence electrons. The molecule has 3 amide bonds. The molecule has 2 aliphatic rings. The maximum absolute atomic E-state index is 13.5. The van der Waals surface area contributed by atoms with Crippen molar-refractivity contribution in [2.45, 2.75) is 49.9 Å². The van der Waals surface area contributed by atoms with E-state index in [1.165, 1.54) is 18.2 Å². The fourth-order valence-corrected chi connectivity index (χ4v) is 8.00. The Morgan fingerprint density at radius 3 is 1.92 bits per heavy atom. The van der Waals surface area contributed by atoms with Gasteiger partial charge in [0.15, 0.2) is 12.3 Å². The second-order valence-corrected chi connectivity index (χ2v) is 15.6. The van der Waals surface area contributed by atoms with Crippen LogP contribution in [0.1, 0.15) is 62.0 Å².